The molecule has 3 rings (SSSR count). The monoisotopic (exact) mass is 346 g/mol. The summed E-state index contributed by atoms with van der Waals surface area (Å²) in [5, 5.41) is 0. The van der Waals surface area contributed by atoms with Gasteiger partial charge in [0.25, 0.3) is 0 Å². The molecule has 136 valence electrons. The highest BCUT2D eigenvalue weighted by atomic mass is 16.6. The van der Waals surface area contributed by atoms with Crippen LogP contribution in [0.5, 0.6) is 0 Å². The first kappa shape index (κ1) is 17.7. The lowest BCUT2D eigenvalue weighted by molar-refractivity contribution is 0.0154. The first-order valence-corrected chi connectivity index (χ1v) is 8.84. The van der Waals surface area contributed by atoms with Crippen LogP contribution < -0.4 is 0 Å². The molecule has 25 heavy (non-hydrogen) atoms. The van der Waals surface area contributed by atoms with Gasteiger partial charge < -0.3 is 14.1 Å². The third-order valence-corrected chi connectivity index (χ3v) is 4.52. The third kappa shape index (κ3) is 4.31. The fourth-order valence-corrected chi connectivity index (χ4v) is 3.14. The van der Waals surface area contributed by atoms with Gasteiger partial charge in [-0.2, -0.15) is 0 Å². The predicted octanol–water partition coefficient (Wildman–Crippen LogP) is 2.89. The Morgan fingerprint density at radius 3 is 2.64 bits per heavy atom. The van der Waals surface area contributed by atoms with E-state index in [4.69, 9.17) is 9.15 Å². The predicted molar refractivity (Wildman–Crippen MR) is 93.7 cm³/mol. The SMILES string of the molecule is CC(C)(C)OC(=O)N1CCN(C/C=C2\CCc3occc3C2=O)CC1. The second kappa shape index (κ2) is 7.04. The normalized spacial score (nSPS) is 20.7. The highest BCUT2D eigenvalue weighted by molar-refractivity contribution is 6.10. The Kier molecular flexibility index (Phi) is 4.99. The summed E-state index contributed by atoms with van der Waals surface area (Å²) in [5.74, 6) is 0.885. The third-order valence-electron chi connectivity index (χ3n) is 4.52. The molecule has 0 atom stereocenters. The molecule has 0 saturated carbocycles. The number of allylic oxidation sites excluding steroid dienone is 1. The molecule has 2 heterocycles. The van der Waals surface area contributed by atoms with Gasteiger partial charge in [0, 0.05) is 39.1 Å². The number of carbonyl (C=O) groups is 2. The van der Waals surface area contributed by atoms with E-state index in [1.54, 1.807) is 17.2 Å². The van der Waals surface area contributed by atoms with Crippen molar-refractivity contribution in [3.8, 4) is 0 Å². The topological polar surface area (TPSA) is 63.0 Å². The first-order valence-electron chi connectivity index (χ1n) is 8.84. The van der Waals surface area contributed by atoms with E-state index >= 15 is 0 Å². The second-order valence-corrected chi connectivity index (χ2v) is 7.58. The number of amides is 1. The molecule has 1 aliphatic carbocycles. The van der Waals surface area contributed by atoms with Crippen LogP contribution in [-0.4, -0.2) is 60.0 Å². The summed E-state index contributed by atoms with van der Waals surface area (Å²) in [5.41, 5.74) is 1.10. The smallest absolute Gasteiger partial charge is 0.410 e. The zero-order valence-corrected chi connectivity index (χ0v) is 15.2. The molecule has 2 aliphatic rings. The highest BCUT2D eigenvalue weighted by Gasteiger charge is 2.27. The van der Waals surface area contributed by atoms with Crippen molar-refractivity contribution in [2.45, 2.75) is 39.2 Å². The van der Waals surface area contributed by atoms with Crippen molar-refractivity contribution in [2.24, 2.45) is 0 Å². The number of piperazine rings is 1. The number of nitrogens with zero attached hydrogens (tertiary/aromatic N) is 2. The average Bonchev–Trinajstić information content (AvgIpc) is 3.02. The van der Waals surface area contributed by atoms with E-state index in [0.29, 0.717) is 18.7 Å². The Balaban J connectivity index is 1.50. The molecular formula is C19H26N2O4. The Hall–Kier alpha value is -2.08. The number of fused-ring (bicyclic) bond motifs is 1. The van der Waals surface area contributed by atoms with E-state index in [9.17, 15) is 9.59 Å². The van der Waals surface area contributed by atoms with Crippen molar-refractivity contribution in [3.05, 3.63) is 35.3 Å². The summed E-state index contributed by atoms with van der Waals surface area (Å²) in [6.45, 7) is 9.23. The summed E-state index contributed by atoms with van der Waals surface area (Å²) in [6.07, 6.45) is 4.88. The molecule has 0 aromatic carbocycles. The van der Waals surface area contributed by atoms with Gasteiger partial charge in [-0.15, -0.1) is 0 Å². The number of carbonyl (C=O) groups excluding carboxylic acids is 2. The van der Waals surface area contributed by atoms with Gasteiger partial charge in [0.1, 0.15) is 11.4 Å². The number of aryl methyl sites for hydroxylation is 1. The first-order chi connectivity index (χ1) is 11.8. The van der Waals surface area contributed by atoms with Crippen molar-refractivity contribution in [1.29, 1.82) is 0 Å². The Labute approximate surface area is 148 Å². The van der Waals surface area contributed by atoms with Crippen molar-refractivity contribution in [2.75, 3.05) is 32.7 Å². The molecule has 0 unspecified atom stereocenters. The zero-order chi connectivity index (χ0) is 18.0. The van der Waals surface area contributed by atoms with E-state index in [1.165, 1.54) is 0 Å². The van der Waals surface area contributed by atoms with Gasteiger partial charge in [-0.1, -0.05) is 6.08 Å². The van der Waals surface area contributed by atoms with Gasteiger partial charge in [-0.3, -0.25) is 9.69 Å². The van der Waals surface area contributed by atoms with E-state index in [0.717, 1.165) is 43.8 Å². The molecular weight excluding hydrogens is 320 g/mol. The molecule has 0 bridgehead atoms. The zero-order valence-electron chi connectivity index (χ0n) is 15.2. The van der Waals surface area contributed by atoms with Crippen LogP contribution in [0.4, 0.5) is 4.79 Å². The van der Waals surface area contributed by atoms with E-state index in [2.05, 4.69) is 4.90 Å². The Morgan fingerprint density at radius 1 is 1.24 bits per heavy atom. The van der Waals surface area contributed by atoms with Crippen LogP contribution in [0.2, 0.25) is 0 Å². The van der Waals surface area contributed by atoms with Crippen molar-refractivity contribution < 1.29 is 18.7 Å². The molecule has 1 saturated heterocycles. The van der Waals surface area contributed by atoms with Gasteiger partial charge >= 0.3 is 6.09 Å². The molecule has 0 spiro atoms. The maximum atomic E-state index is 12.4. The minimum Gasteiger partial charge on any atom is -0.469 e. The van der Waals surface area contributed by atoms with Gasteiger partial charge in [0.2, 0.25) is 0 Å². The van der Waals surface area contributed by atoms with Gasteiger partial charge in [0.05, 0.1) is 11.8 Å². The maximum absolute atomic E-state index is 12.4. The largest absolute Gasteiger partial charge is 0.469 e. The standard InChI is InChI=1S/C19H26N2O4/c1-19(2,3)25-18(23)21-11-9-20(10-12-21)8-6-14-4-5-16-15(17(14)22)7-13-24-16/h6-7,13H,4-5,8-12H2,1-3H3/b14-6+. The summed E-state index contributed by atoms with van der Waals surface area (Å²) < 4.78 is 10.7. The molecule has 1 aromatic heterocycles. The maximum Gasteiger partial charge on any atom is 0.410 e. The molecule has 6 heteroatoms. The minimum atomic E-state index is -0.466. The number of hydrogen-bond acceptors (Lipinski definition) is 5. The fourth-order valence-electron chi connectivity index (χ4n) is 3.14. The van der Waals surface area contributed by atoms with Crippen molar-refractivity contribution in [1.82, 2.24) is 9.80 Å². The van der Waals surface area contributed by atoms with E-state index in [1.807, 2.05) is 26.8 Å². The summed E-state index contributed by atoms with van der Waals surface area (Å²) >= 11 is 0. The van der Waals surface area contributed by atoms with Crippen LogP contribution in [-0.2, 0) is 11.2 Å². The molecule has 6 nitrogen and oxygen atoms in total. The van der Waals surface area contributed by atoms with E-state index in [-0.39, 0.29) is 11.9 Å². The molecule has 0 N–H and O–H groups in total. The summed E-state index contributed by atoms with van der Waals surface area (Å²) in [7, 11) is 0. The van der Waals surface area contributed by atoms with E-state index < -0.39 is 5.60 Å². The average molecular weight is 346 g/mol. The van der Waals surface area contributed by atoms with Gasteiger partial charge in [-0.05, 0) is 38.8 Å². The van der Waals surface area contributed by atoms with Crippen LogP contribution in [0.1, 0.15) is 43.3 Å². The molecule has 1 aromatic rings. The number of rotatable bonds is 2. The summed E-state index contributed by atoms with van der Waals surface area (Å²) in [4.78, 5) is 28.5. The lowest BCUT2D eigenvalue weighted by Gasteiger charge is -2.35. The van der Waals surface area contributed by atoms with Crippen molar-refractivity contribution in [3.63, 3.8) is 0 Å². The number of ketones is 1. The molecule has 1 fully saturated rings. The molecule has 1 amide bonds. The van der Waals surface area contributed by atoms with Crippen LogP contribution in [0.25, 0.3) is 0 Å². The van der Waals surface area contributed by atoms with Crippen LogP contribution in [0.15, 0.2) is 28.4 Å². The van der Waals surface area contributed by atoms with Crippen LogP contribution in [0.3, 0.4) is 0 Å². The lowest BCUT2D eigenvalue weighted by Crippen LogP contribution is -2.50. The molecule has 1 aliphatic heterocycles. The number of hydrogen-bond donors (Lipinski definition) is 0. The van der Waals surface area contributed by atoms with Gasteiger partial charge in [-0.25, -0.2) is 4.79 Å². The summed E-state index contributed by atoms with van der Waals surface area (Å²) in [6, 6.07) is 1.75. The lowest BCUT2D eigenvalue weighted by atomic mass is 9.92. The van der Waals surface area contributed by atoms with Crippen molar-refractivity contribution >= 4 is 11.9 Å². The number of Topliss-reactive ketones (excluding diaryl/α,β-unsaturated/α-hetero) is 1. The Bertz CT molecular complexity index is 676. The second-order valence-electron chi connectivity index (χ2n) is 7.58. The highest BCUT2D eigenvalue weighted by Crippen LogP contribution is 2.25. The minimum absolute atomic E-state index is 0.0855. The number of ether oxygens (including phenoxy) is 1. The quantitative estimate of drug-likeness (QED) is 0.771. The Morgan fingerprint density at radius 2 is 1.96 bits per heavy atom. The van der Waals surface area contributed by atoms with Crippen LogP contribution in [0, 0.1) is 0 Å². The number of furan rings is 1. The fraction of sp³-hybridized carbons (Fsp3) is 0.579. The van der Waals surface area contributed by atoms with Crippen LogP contribution >= 0.6 is 0 Å². The van der Waals surface area contributed by atoms with Gasteiger partial charge in [0.15, 0.2) is 5.78 Å². The molecule has 0 radical (unpaired) electrons.